The summed E-state index contributed by atoms with van der Waals surface area (Å²) in [4.78, 5) is 38.5. The van der Waals surface area contributed by atoms with Crippen LogP contribution in [0.3, 0.4) is 0 Å². The minimum Gasteiger partial charge on any atom is -0.349 e. The molecule has 3 atom stereocenters. The molecule has 7 rings (SSSR count). The Morgan fingerprint density at radius 1 is 1.04 bits per heavy atom. The van der Waals surface area contributed by atoms with Crippen molar-refractivity contribution in [1.82, 2.24) is 19.4 Å². The predicted octanol–water partition coefficient (Wildman–Crippen LogP) is 7.28. The highest BCUT2D eigenvalue weighted by Gasteiger charge is 2.38. The van der Waals surface area contributed by atoms with Crippen LogP contribution in [-0.2, 0) is 4.79 Å². The third-order valence-corrected chi connectivity index (χ3v) is 12.0. The number of carbonyl (C=O) groups excluding carboxylic acids is 1. The first-order chi connectivity index (χ1) is 22.0. The average Bonchev–Trinajstić information content (AvgIpc) is 3.88. The minimum atomic E-state index is -0.852. The Balaban J connectivity index is 0.00000386. The summed E-state index contributed by atoms with van der Waals surface area (Å²) in [5.74, 6) is -0.190. The second kappa shape index (κ2) is 13.5. The van der Waals surface area contributed by atoms with E-state index in [9.17, 15) is 14.0 Å². The van der Waals surface area contributed by atoms with Crippen LogP contribution in [-0.4, -0.2) is 75.3 Å². The summed E-state index contributed by atoms with van der Waals surface area (Å²) in [6, 6.07) is 4.14. The van der Waals surface area contributed by atoms with E-state index in [0.29, 0.717) is 51.9 Å². The zero-order chi connectivity index (χ0) is 32.4. The van der Waals surface area contributed by atoms with Crippen LogP contribution in [0, 0.1) is 17.6 Å². The molecular weight excluding hydrogens is 683 g/mol. The lowest BCUT2D eigenvalue weighted by Crippen LogP contribution is -2.58. The smallest absolute Gasteiger partial charge is 0.349 e. The highest BCUT2D eigenvalue weighted by Crippen LogP contribution is 2.50. The molecule has 252 valence electrons. The van der Waals surface area contributed by atoms with Crippen molar-refractivity contribution in [3.8, 4) is 11.1 Å². The number of nitrogens with zero attached hydrogens (tertiary/aromatic N) is 5. The first kappa shape index (κ1) is 34.5. The van der Waals surface area contributed by atoms with Crippen LogP contribution in [0.2, 0.25) is 10.0 Å². The quantitative estimate of drug-likeness (QED) is 0.197. The lowest BCUT2D eigenvalue weighted by Gasteiger charge is -2.45. The van der Waals surface area contributed by atoms with Crippen molar-refractivity contribution in [2.75, 3.05) is 36.8 Å². The van der Waals surface area contributed by atoms with Crippen LogP contribution in [0.4, 0.5) is 14.6 Å². The van der Waals surface area contributed by atoms with E-state index in [-0.39, 0.29) is 58.8 Å². The van der Waals surface area contributed by atoms with E-state index in [0.717, 1.165) is 44.5 Å². The van der Waals surface area contributed by atoms with Gasteiger partial charge in [0.15, 0.2) is 0 Å². The number of hydrogen-bond donors (Lipinski definition) is 0. The maximum Gasteiger partial charge on any atom is 0.350 e. The van der Waals surface area contributed by atoms with Gasteiger partial charge in [-0.15, -0.1) is 11.8 Å². The normalized spacial score (nSPS) is 23.6. The monoisotopic (exact) mass is 721 g/mol. The highest BCUT2D eigenvalue weighted by atomic mass is 35.5. The molecule has 2 aromatic carbocycles. The summed E-state index contributed by atoms with van der Waals surface area (Å²) in [5.41, 5.74) is 0.778. The van der Waals surface area contributed by atoms with Gasteiger partial charge in [-0.2, -0.15) is 18.5 Å². The van der Waals surface area contributed by atoms with Gasteiger partial charge < -0.3 is 14.7 Å². The number of anilines is 1. The maximum atomic E-state index is 15.4. The number of carbonyl (C=O) groups is 1. The number of piperidine rings is 1. The molecule has 0 spiro atoms. The van der Waals surface area contributed by atoms with E-state index in [4.69, 9.17) is 28.2 Å². The molecule has 3 aliphatic heterocycles. The number of benzene rings is 2. The molecule has 3 aromatic rings. The van der Waals surface area contributed by atoms with Gasteiger partial charge in [0.25, 0.3) is 0 Å². The molecule has 1 aliphatic carbocycles. The van der Waals surface area contributed by atoms with E-state index >= 15 is 4.39 Å². The molecule has 1 saturated carbocycles. The third kappa shape index (κ3) is 6.31. The Hall–Kier alpha value is -2.31. The zero-order valence-electron chi connectivity index (χ0n) is 26.4. The molecule has 4 aliphatic rings. The topological polar surface area (TPSA) is 61.7 Å². The minimum absolute atomic E-state index is 0. The summed E-state index contributed by atoms with van der Waals surface area (Å²) in [6.45, 7) is 10.7. The largest absolute Gasteiger partial charge is 0.350 e. The van der Waals surface area contributed by atoms with E-state index < -0.39 is 11.6 Å². The molecule has 0 radical (unpaired) electrons. The summed E-state index contributed by atoms with van der Waals surface area (Å²) < 4.78 is 31.4. The summed E-state index contributed by atoms with van der Waals surface area (Å²) in [5, 5.41) is 0.746. The molecule has 1 aromatic heterocycles. The van der Waals surface area contributed by atoms with E-state index in [2.05, 4.69) is 16.4 Å². The number of hydrogen-bond acceptors (Lipinski definition) is 6. The van der Waals surface area contributed by atoms with Crippen molar-refractivity contribution in [3.63, 3.8) is 0 Å². The molecule has 3 fully saturated rings. The third-order valence-electron chi connectivity index (χ3n) is 10.2. The van der Waals surface area contributed by atoms with E-state index in [1.165, 1.54) is 25.0 Å². The van der Waals surface area contributed by atoms with Gasteiger partial charge in [0.05, 0.1) is 15.6 Å². The van der Waals surface area contributed by atoms with Gasteiger partial charge >= 0.3 is 5.69 Å². The molecular formula is C34H39Cl2F2N5O2S2. The number of amides is 1. The second-order valence-corrected chi connectivity index (χ2v) is 15.1. The van der Waals surface area contributed by atoms with Gasteiger partial charge in [-0.1, -0.05) is 29.8 Å². The van der Waals surface area contributed by atoms with Crippen molar-refractivity contribution >= 4 is 71.1 Å². The summed E-state index contributed by atoms with van der Waals surface area (Å²) in [6.07, 6.45) is 6.97. The number of halogens is 4. The fourth-order valence-corrected chi connectivity index (χ4v) is 9.52. The predicted molar refractivity (Wildman–Crippen MR) is 192 cm³/mol. The van der Waals surface area contributed by atoms with Crippen molar-refractivity contribution in [1.29, 1.82) is 0 Å². The van der Waals surface area contributed by atoms with Gasteiger partial charge in [0, 0.05) is 70.5 Å². The molecule has 0 unspecified atom stereocenters. The zero-order valence-corrected chi connectivity index (χ0v) is 29.8. The first-order valence-electron chi connectivity index (χ1n) is 16.1. The van der Waals surface area contributed by atoms with Crippen molar-refractivity contribution in [2.24, 2.45) is 5.92 Å². The Bertz CT molecular complexity index is 1800. The number of piperazine rings is 1. The number of thioether (sulfide) groups is 1. The fraction of sp³-hybridized carbons (Fsp3) is 0.500. The Morgan fingerprint density at radius 2 is 1.77 bits per heavy atom. The Kier molecular flexibility index (Phi) is 9.95. The molecule has 4 heterocycles. The van der Waals surface area contributed by atoms with Crippen molar-refractivity contribution in [2.45, 2.75) is 75.0 Å². The van der Waals surface area contributed by atoms with Crippen LogP contribution in [0.5, 0.6) is 0 Å². The van der Waals surface area contributed by atoms with E-state index in [1.807, 2.05) is 13.8 Å². The molecule has 1 amide bonds. The molecule has 0 N–H and O–H groups in total. The maximum absolute atomic E-state index is 15.4. The lowest BCUT2D eigenvalue weighted by molar-refractivity contribution is -0.128. The summed E-state index contributed by atoms with van der Waals surface area (Å²) in [7, 11) is 0. The Morgan fingerprint density at radius 3 is 2.45 bits per heavy atom. The number of likely N-dealkylation sites (tertiary alicyclic amines) is 1. The standard InChI is InChI=1S/C34H37Cl2F2N5O2S.H2S/c1-4-29(44)41-15-19(3)42(16-18(41)2)33-24-13-26(36)30(23-12-25(35)28(38)14-27(23)37)32-31(24)43(34(45)39-33)22(17-46-32)11-20-7-9-40(10-8-20)21-5-6-21;/h4,12-14,18-22H,1,5-11,15-17H2,2-3H3;1H2/t18-,19+,22+;/m1./s1. The van der Waals surface area contributed by atoms with Crippen LogP contribution in [0.25, 0.3) is 22.0 Å². The van der Waals surface area contributed by atoms with Gasteiger partial charge in [0.1, 0.15) is 17.5 Å². The fourth-order valence-electron chi connectivity index (χ4n) is 7.64. The van der Waals surface area contributed by atoms with Gasteiger partial charge in [-0.05, 0) is 83.2 Å². The van der Waals surface area contributed by atoms with Crippen LogP contribution in [0.1, 0.15) is 52.0 Å². The Labute approximate surface area is 294 Å². The number of rotatable bonds is 6. The highest BCUT2D eigenvalue weighted by molar-refractivity contribution is 7.99. The van der Waals surface area contributed by atoms with Gasteiger partial charge in [-0.3, -0.25) is 9.36 Å². The first-order valence-corrected chi connectivity index (χ1v) is 17.8. The van der Waals surface area contributed by atoms with Gasteiger partial charge in [-0.25, -0.2) is 13.6 Å². The van der Waals surface area contributed by atoms with Gasteiger partial charge in [0.2, 0.25) is 5.91 Å². The molecule has 47 heavy (non-hydrogen) atoms. The van der Waals surface area contributed by atoms with Crippen molar-refractivity contribution in [3.05, 3.63) is 63.0 Å². The van der Waals surface area contributed by atoms with Crippen molar-refractivity contribution < 1.29 is 13.6 Å². The van der Waals surface area contributed by atoms with Crippen LogP contribution in [0.15, 0.2) is 40.5 Å². The van der Waals surface area contributed by atoms with Crippen LogP contribution >= 0.6 is 48.5 Å². The number of aromatic nitrogens is 2. The summed E-state index contributed by atoms with van der Waals surface area (Å²) >= 11 is 14.7. The van der Waals surface area contributed by atoms with Crippen LogP contribution < -0.4 is 10.6 Å². The van der Waals surface area contributed by atoms with E-state index in [1.54, 1.807) is 27.3 Å². The molecule has 7 nitrogen and oxygen atoms in total. The lowest BCUT2D eigenvalue weighted by atomic mass is 9.90. The molecule has 13 heteroatoms. The second-order valence-electron chi connectivity index (χ2n) is 13.2. The molecule has 0 bridgehead atoms. The molecule has 2 saturated heterocycles. The average molecular weight is 723 g/mol. The SMILES string of the molecule is C=CC(=O)N1C[C@H](C)N(c2nc(=O)n3c4c(c(-c5cc(Cl)c(F)cc5F)c(Cl)cc24)SC[C@@H]3CC2CCN(C3CC3)CC2)C[C@H]1C.S.